The van der Waals surface area contributed by atoms with E-state index < -0.39 is 17.4 Å². The van der Waals surface area contributed by atoms with E-state index >= 15 is 0 Å². The largest absolute Gasteiger partial charge is 0.493 e. The molecule has 0 bridgehead atoms. The van der Waals surface area contributed by atoms with E-state index in [4.69, 9.17) is 14.2 Å². The van der Waals surface area contributed by atoms with E-state index in [9.17, 15) is 14.7 Å². The minimum Gasteiger partial charge on any atom is -0.493 e. The summed E-state index contributed by atoms with van der Waals surface area (Å²) in [6.45, 7) is 3.86. The van der Waals surface area contributed by atoms with Crippen LogP contribution in [0.4, 0.5) is 0 Å². The van der Waals surface area contributed by atoms with Gasteiger partial charge >= 0.3 is 5.97 Å². The molecule has 1 aromatic rings. The summed E-state index contributed by atoms with van der Waals surface area (Å²) in [4.78, 5) is 23.7. The van der Waals surface area contributed by atoms with Gasteiger partial charge in [0.05, 0.1) is 20.3 Å². The number of nitrogens with one attached hydrogen (secondary N) is 1. The Kier molecular flexibility index (Phi) is 7.51. The van der Waals surface area contributed by atoms with Crippen molar-refractivity contribution in [3.63, 3.8) is 0 Å². The summed E-state index contributed by atoms with van der Waals surface area (Å²) in [6, 6.07) is 4.72. The van der Waals surface area contributed by atoms with Crippen LogP contribution in [-0.2, 0) is 9.53 Å². The molecule has 1 atom stereocenters. The number of amides is 1. The smallest absolute Gasteiger partial charge is 0.331 e. The van der Waals surface area contributed by atoms with Gasteiger partial charge in [-0.25, -0.2) is 4.79 Å². The maximum Gasteiger partial charge on any atom is 0.331 e. The fourth-order valence-electron chi connectivity index (χ4n) is 2.02. The molecule has 0 heterocycles. The molecule has 1 aromatic carbocycles. The predicted octanol–water partition coefficient (Wildman–Crippen LogP) is 2.09. The molecule has 0 aliphatic carbocycles. The number of benzene rings is 1. The molecule has 24 heavy (non-hydrogen) atoms. The van der Waals surface area contributed by atoms with Crippen molar-refractivity contribution in [2.45, 2.75) is 32.2 Å². The normalized spacial score (nSPS) is 13.0. The predicted molar refractivity (Wildman–Crippen MR) is 88.8 cm³/mol. The van der Waals surface area contributed by atoms with Gasteiger partial charge in [-0.3, -0.25) is 4.79 Å². The third-order valence-electron chi connectivity index (χ3n) is 3.48. The molecular weight excluding hydrogens is 314 g/mol. The number of hydrogen-bond acceptors (Lipinski definition) is 5. The summed E-state index contributed by atoms with van der Waals surface area (Å²) in [5, 5.41) is 11.8. The first-order valence-corrected chi connectivity index (χ1v) is 7.73. The zero-order valence-electron chi connectivity index (χ0n) is 14.5. The monoisotopic (exact) mass is 339 g/mol. The number of aliphatic carboxylic acids is 1. The van der Waals surface area contributed by atoms with Crippen LogP contribution in [0.3, 0.4) is 0 Å². The van der Waals surface area contributed by atoms with E-state index in [1.165, 1.54) is 27.2 Å². The highest BCUT2D eigenvalue weighted by Crippen LogP contribution is 2.28. The molecule has 1 unspecified atom stereocenters. The molecule has 0 aliphatic heterocycles. The van der Waals surface area contributed by atoms with Gasteiger partial charge in [0.25, 0.3) is 5.91 Å². The van der Waals surface area contributed by atoms with Crippen molar-refractivity contribution < 1.29 is 28.9 Å². The average Bonchev–Trinajstić information content (AvgIpc) is 2.55. The third kappa shape index (κ3) is 5.13. The fourth-order valence-corrected chi connectivity index (χ4v) is 2.02. The van der Waals surface area contributed by atoms with Gasteiger partial charge in [0.15, 0.2) is 17.0 Å². The molecule has 0 saturated heterocycles. The molecule has 0 fully saturated rings. The zero-order valence-corrected chi connectivity index (χ0v) is 14.5. The highest BCUT2D eigenvalue weighted by atomic mass is 16.5. The van der Waals surface area contributed by atoms with Crippen LogP contribution in [0.15, 0.2) is 18.2 Å². The van der Waals surface area contributed by atoms with Crippen molar-refractivity contribution in [1.82, 2.24) is 5.32 Å². The summed E-state index contributed by atoms with van der Waals surface area (Å²) in [5.74, 6) is -0.748. The number of unbranched alkanes of at least 4 members (excludes halogenated alkanes) is 1. The minimum atomic E-state index is -1.52. The van der Waals surface area contributed by atoms with E-state index in [1.807, 2.05) is 0 Å². The molecule has 0 radical (unpaired) electrons. The Balaban J connectivity index is 2.93. The van der Waals surface area contributed by atoms with Crippen molar-refractivity contribution in [2.75, 3.05) is 27.4 Å². The topological polar surface area (TPSA) is 94.1 Å². The third-order valence-corrected chi connectivity index (χ3v) is 3.48. The fraction of sp³-hybridized carbons (Fsp3) is 0.529. The Bertz CT molecular complexity index is 574. The second kappa shape index (κ2) is 9.12. The van der Waals surface area contributed by atoms with Gasteiger partial charge in [-0.2, -0.15) is 0 Å². The first kappa shape index (κ1) is 19.8. The number of carboxylic acid groups (broad SMARTS) is 1. The van der Waals surface area contributed by atoms with Gasteiger partial charge in [-0.05, 0) is 31.5 Å². The second-order valence-corrected chi connectivity index (χ2v) is 5.59. The number of carbonyl (C=O) groups excluding carboxylic acids is 1. The van der Waals surface area contributed by atoms with Crippen molar-refractivity contribution in [3.05, 3.63) is 23.8 Å². The second-order valence-electron chi connectivity index (χ2n) is 5.59. The van der Waals surface area contributed by atoms with Crippen LogP contribution in [0.1, 0.15) is 37.0 Å². The maximum atomic E-state index is 12.4. The lowest BCUT2D eigenvalue weighted by Crippen LogP contribution is -2.55. The van der Waals surface area contributed by atoms with Crippen LogP contribution < -0.4 is 14.8 Å². The Hall–Kier alpha value is -2.28. The van der Waals surface area contributed by atoms with Crippen LogP contribution in [-0.4, -0.2) is 50.0 Å². The molecule has 1 amide bonds. The van der Waals surface area contributed by atoms with Gasteiger partial charge in [-0.1, -0.05) is 13.3 Å². The molecule has 134 valence electrons. The van der Waals surface area contributed by atoms with Gasteiger partial charge in [0.1, 0.15) is 0 Å². The summed E-state index contributed by atoms with van der Waals surface area (Å²) in [6.07, 6.45) is 1.93. The number of carbonyl (C=O) groups is 2. The van der Waals surface area contributed by atoms with E-state index in [0.29, 0.717) is 18.1 Å². The Labute approximate surface area is 141 Å². The molecular formula is C17H25NO6. The number of hydrogen-bond donors (Lipinski definition) is 2. The van der Waals surface area contributed by atoms with E-state index in [2.05, 4.69) is 12.2 Å². The van der Waals surface area contributed by atoms with E-state index in [1.54, 1.807) is 12.1 Å². The van der Waals surface area contributed by atoms with Gasteiger partial charge in [0, 0.05) is 12.7 Å². The summed E-state index contributed by atoms with van der Waals surface area (Å²) < 4.78 is 15.7. The van der Waals surface area contributed by atoms with Crippen molar-refractivity contribution in [2.24, 2.45) is 0 Å². The summed E-state index contributed by atoms with van der Waals surface area (Å²) in [5.41, 5.74) is -1.24. The molecule has 0 saturated carbocycles. The molecule has 7 heteroatoms. The molecule has 7 nitrogen and oxygen atoms in total. The highest BCUT2D eigenvalue weighted by molar-refractivity contribution is 5.98. The first-order chi connectivity index (χ1) is 11.4. The molecule has 0 aromatic heterocycles. The van der Waals surface area contributed by atoms with Gasteiger partial charge in [-0.15, -0.1) is 0 Å². The average molecular weight is 339 g/mol. The van der Waals surface area contributed by atoms with E-state index in [0.717, 1.165) is 12.8 Å². The van der Waals surface area contributed by atoms with E-state index in [-0.39, 0.29) is 12.2 Å². The molecule has 0 spiro atoms. The first-order valence-electron chi connectivity index (χ1n) is 7.73. The number of ether oxygens (including phenoxy) is 3. The Morgan fingerprint density at radius 3 is 2.50 bits per heavy atom. The molecule has 1 rings (SSSR count). The number of methoxy groups -OCH3 is 2. The lowest BCUT2D eigenvalue weighted by Gasteiger charge is -2.25. The van der Waals surface area contributed by atoms with Crippen molar-refractivity contribution in [1.29, 1.82) is 0 Å². The Morgan fingerprint density at radius 1 is 1.25 bits per heavy atom. The molecule has 2 N–H and O–H groups in total. The van der Waals surface area contributed by atoms with Crippen LogP contribution in [0.5, 0.6) is 11.5 Å². The highest BCUT2D eigenvalue weighted by Gasteiger charge is 2.35. The SMILES string of the molecule is CCCCOc1ccc(C(=O)NC(C)(COC)C(=O)O)cc1OC. The van der Waals surface area contributed by atoms with Crippen LogP contribution in [0, 0.1) is 0 Å². The summed E-state index contributed by atoms with van der Waals surface area (Å²) >= 11 is 0. The lowest BCUT2D eigenvalue weighted by atomic mass is 10.0. The minimum absolute atomic E-state index is 0.149. The van der Waals surface area contributed by atoms with Crippen molar-refractivity contribution >= 4 is 11.9 Å². The molecule has 0 aliphatic rings. The quantitative estimate of drug-likeness (QED) is 0.634. The van der Waals surface area contributed by atoms with Crippen LogP contribution in [0.25, 0.3) is 0 Å². The lowest BCUT2D eigenvalue weighted by molar-refractivity contribution is -0.145. The van der Waals surface area contributed by atoms with Gasteiger partial charge in [0.2, 0.25) is 0 Å². The van der Waals surface area contributed by atoms with Crippen molar-refractivity contribution in [3.8, 4) is 11.5 Å². The maximum absolute atomic E-state index is 12.4. The number of carboxylic acids is 1. The standard InChI is InChI=1S/C17H25NO6/c1-5-6-9-24-13-8-7-12(10-14(13)23-4)15(19)18-17(2,11-22-3)16(20)21/h7-8,10H,5-6,9,11H2,1-4H3,(H,18,19)(H,20,21). The summed E-state index contributed by atoms with van der Waals surface area (Å²) in [7, 11) is 2.86. The van der Waals surface area contributed by atoms with Crippen LogP contribution in [0.2, 0.25) is 0 Å². The zero-order chi connectivity index (χ0) is 18.2. The van der Waals surface area contributed by atoms with Crippen LogP contribution >= 0.6 is 0 Å². The Morgan fingerprint density at radius 2 is 1.96 bits per heavy atom. The number of rotatable bonds is 10. The van der Waals surface area contributed by atoms with Gasteiger partial charge < -0.3 is 24.6 Å².